The molecule has 0 saturated carbocycles. The van der Waals surface area contributed by atoms with Gasteiger partial charge in [0.15, 0.2) is 11.5 Å². The van der Waals surface area contributed by atoms with Crippen molar-refractivity contribution >= 4 is 5.91 Å². The van der Waals surface area contributed by atoms with E-state index < -0.39 is 0 Å². The molecular formula is C16H18N8O. The summed E-state index contributed by atoms with van der Waals surface area (Å²) in [5, 5.41) is 22.3. The van der Waals surface area contributed by atoms with E-state index in [0.29, 0.717) is 24.6 Å². The molecule has 1 unspecified atom stereocenters. The van der Waals surface area contributed by atoms with Crippen LogP contribution < -0.4 is 0 Å². The number of likely N-dealkylation sites (tertiary alicyclic amines) is 1. The van der Waals surface area contributed by atoms with Gasteiger partial charge in [-0.1, -0.05) is 22.6 Å². The number of nitrogens with one attached hydrogen (secondary N) is 1. The van der Waals surface area contributed by atoms with Gasteiger partial charge in [-0.05, 0) is 37.5 Å². The van der Waals surface area contributed by atoms with E-state index >= 15 is 0 Å². The molecule has 0 spiro atoms. The fourth-order valence-electron chi connectivity index (χ4n) is 3.14. The van der Waals surface area contributed by atoms with Crippen LogP contribution in [0.5, 0.6) is 0 Å². The number of nitrogens with zero attached hydrogens (tertiary/aromatic N) is 7. The largest absolute Gasteiger partial charge is 0.336 e. The van der Waals surface area contributed by atoms with E-state index in [0.717, 1.165) is 24.1 Å². The number of hydrogen-bond donors (Lipinski definition) is 1. The van der Waals surface area contributed by atoms with Gasteiger partial charge in [-0.15, -0.1) is 15.3 Å². The normalized spacial score (nSPS) is 17.6. The maximum absolute atomic E-state index is 12.8. The van der Waals surface area contributed by atoms with Crippen molar-refractivity contribution in [2.45, 2.75) is 25.7 Å². The zero-order valence-corrected chi connectivity index (χ0v) is 13.8. The summed E-state index contributed by atoms with van der Waals surface area (Å²) in [5.41, 5.74) is 2.35. The van der Waals surface area contributed by atoms with Gasteiger partial charge in [0, 0.05) is 19.0 Å². The van der Waals surface area contributed by atoms with Crippen molar-refractivity contribution in [3.05, 3.63) is 47.5 Å². The van der Waals surface area contributed by atoms with E-state index in [2.05, 4.69) is 30.9 Å². The highest BCUT2D eigenvalue weighted by atomic mass is 16.2. The lowest BCUT2D eigenvalue weighted by atomic mass is 9.97. The number of carbonyl (C=O) groups excluding carboxylic acids is 1. The topological polar surface area (TPSA) is 105 Å². The molecule has 3 heterocycles. The van der Waals surface area contributed by atoms with Gasteiger partial charge in [-0.2, -0.15) is 5.21 Å². The SMILES string of the molecule is Cc1cccc(-n2cc(C(=O)N3CCCC(c4nn[nH]n4)C3)nn2)c1. The molecule has 1 amide bonds. The summed E-state index contributed by atoms with van der Waals surface area (Å²) in [6.45, 7) is 3.28. The highest BCUT2D eigenvalue weighted by Crippen LogP contribution is 2.24. The van der Waals surface area contributed by atoms with Crippen molar-refractivity contribution in [1.29, 1.82) is 0 Å². The molecule has 128 valence electrons. The summed E-state index contributed by atoms with van der Waals surface area (Å²) in [6.07, 6.45) is 3.52. The van der Waals surface area contributed by atoms with Crippen molar-refractivity contribution in [2.75, 3.05) is 13.1 Å². The first kappa shape index (κ1) is 15.4. The number of benzene rings is 1. The molecule has 1 aliphatic rings. The number of tetrazole rings is 1. The van der Waals surface area contributed by atoms with Crippen LogP contribution in [0.3, 0.4) is 0 Å². The molecular weight excluding hydrogens is 320 g/mol. The van der Waals surface area contributed by atoms with E-state index in [1.807, 2.05) is 31.2 Å². The van der Waals surface area contributed by atoms with Gasteiger partial charge in [-0.25, -0.2) is 4.68 Å². The Labute approximate surface area is 144 Å². The highest BCUT2D eigenvalue weighted by Gasteiger charge is 2.29. The molecule has 1 saturated heterocycles. The Morgan fingerprint density at radius 1 is 1.32 bits per heavy atom. The van der Waals surface area contributed by atoms with Crippen LogP contribution in [0.15, 0.2) is 30.5 Å². The summed E-state index contributed by atoms with van der Waals surface area (Å²) in [6, 6.07) is 7.89. The molecule has 3 aromatic rings. The number of aromatic amines is 1. The minimum atomic E-state index is -0.118. The van der Waals surface area contributed by atoms with Gasteiger partial charge in [0.1, 0.15) is 0 Å². The standard InChI is InChI=1S/C16H18N8O/c1-11-4-2-6-13(8-11)24-10-14(17-22-24)16(25)23-7-3-5-12(9-23)15-18-20-21-19-15/h2,4,6,8,10,12H,3,5,7,9H2,1H3,(H,18,19,20,21). The molecule has 4 rings (SSSR count). The van der Waals surface area contributed by atoms with Gasteiger partial charge in [0.25, 0.3) is 5.91 Å². The second-order valence-electron chi connectivity index (χ2n) is 6.25. The molecule has 2 aromatic heterocycles. The Balaban J connectivity index is 1.51. The summed E-state index contributed by atoms with van der Waals surface area (Å²) in [4.78, 5) is 14.6. The summed E-state index contributed by atoms with van der Waals surface area (Å²) in [7, 11) is 0. The van der Waals surface area contributed by atoms with Gasteiger partial charge in [0.05, 0.1) is 11.9 Å². The van der Waals surface area contributed by atoms with Crippen LogP contribution in [-0.4, -0.2) is 59.5 Å². The Hall–Kier alpha value is -3.10. The van der Waals surface area contributed by atoms with E-state index in [9.17, 15) is 4.79 Å². The first-order chi connectivity index (χ1) is 12.2. The number of aryl methyl sites for hydroxylation is 1. The van der Waals surface area contributed by atoms with E-state index in [-0.39, 0.29) is 11.8 Å². The number of hydrogen-bond acceptors (Lipinski definition) is 6. The van der Waals surface area contributed by atoms with Crippen LogP contribution in [0.2, 0.25) is 0 Å². The first-order valence-electron chi connectivity index (χ1n) is 8.23. The summed E-state index contributed by atoms with van der Waals surface area (Å²) in [5.74, 6) is 0.635. The molecule has 1 fully saturated rings. The predicted octanol–water partition coefficient (Wildman–Crippen LogP) is 1.11. The van der Waals surface area contributed by atoms with Crippen molar-refractivity contribution < 1.29 is 4.79 Å². The van der Waals surface area contributed by atoms with Crippen LogP contribution in [0.4, 0.5) is 0 Å². The fraction of sp³-hybridized carbons (Fsp3) is 0.375. The molecule has 0 aliphatic carbocycles. The van der Waals surface area contributed by atoms with Gasteiger partial charge in [0.2, 0.25) is 0 Å². The third kappa shape index (κ3) is 3.12. The molecule has 9 nitrogen and oxygen atoms in total. The highest BCUT2D eigenvalue weighted by molar-refractivity contribution is 5.92. The van der Waals surface area contributed by atoms with E-state index in [1.54, 1.807) is 15.8 Å². The molecule has 0 radical (unpaired) electrons. The molecule has 1 aliphatic heterocycles. The lowest BCUT2D eigenvalue weighted by Gasteiger charge is -2.30. The maximum atomic E-state index is 12.8. The zero-order valence-electron chi connectivity index (χ0n) is 13.8. The molecule has 25 heavy (non-hydrogen) atoms. The van der Waals surface area contributed by atoms with Crippen LogP contribution in [-0.2, 0) is 0 Å². The second kappa shape index (κ2) is 6.42. The minimum Gasteiger partial charge on any atom is -0.336 e. The van der Waals surface area contributed by atoms with Crippen molar-refractivity contribution in [1.82, 2.24) is 40.5 Å². The number of H-pyrrole nitrogens is 1. The van der Waals surface area contributed by atoms with Gasteiger partial charge < -0.3 is 4.90 Å². The first-order valence-corrected chi connectivity index (χ1v) is 8.23. The Morgan fingerprint density at radius 3 is 3.04 bits per heavy atom. The maximum Gasteiger partial charge on any atom is 0.276 e. The summed E-state index contributed by atoms with van der Waals surface area (Å²) < 4.78 is 1.63. The molecule has 1 aromatic carbocycles. The third-order valence-corrected chi connectivity index (χ3v) is 4.41. The lowest BCUT2D eigenvalue weighted by molar-refractivity contribution is 0.0698. The predicted molar refractivity (Wildman–Crippen MR) is 88.2 cm³/mol. The van der Waals surface area contributed by atoms with Crippen molar-refractivity contribution in [2.24, 2.45) is 0 Å². The van der Waals surface area contributed by atoms with Gasteiger partial charge >= 0.3 is 0 Å². The third-order valence-electron chi connectivity index (χ3n) is 4.41. The quantitative estimate of drug-likeness (QED) is 0.767. The Morgan fingerprint density at radius 2 is 2.24 bits per heavy atom. The average molecular weight is 338 g/mol. The number of rotatable bonds is 3. The monoisotopic (exact) mass is 338 g/mol. The van der Waals surface area contributed by atoms with Crippen molar-refractivity contribution in [3.63, 3.8) is 0 Å². The smallest absolute Gasteiger partial charge is 0.276 e. The molecule has 1 atom stereocenters. The van der Waals surface area contributed by atoms with E-state index in [4.69, 9.17) is 0 Å². The molecule has 0 bridgehead atoms. The van der Waals surface area contributed by atoms with Crippen LogP contribution in [0.1, 0.15) is 40.6 Å². The van der Waals surface area contributed by atoms with E-state index in [1.165, 1.54) is 0 Å². The minimum absolute atomic E-state index is 0.100. The average Bonchev–Trinajstić information content (AvgIpc) is 3.33. The number of carbonyl (C=O) groups is 1. The molecule has 1 N–H and O–H groups in total. The fourth-order valence-corrected chi connectivity index (χ4v) is 3.14. The summed E-state index contributed by atoms with van der Waals surface area (Å²) >= 11 is 0. The lowest BCUT2D eigenvalue weighted by Crippen LogP contribution is -2.39. The number of aromatic nitrogens is 7. The Bertz CT molecular complexity index is 872. The number of piperidine rings is 1. The zero-order chi connectivity index (χ0) is 17.2. The van der Waals surface area contributed by atoms with Crippen LogP contribution in [0.25, 0.3) is 5.69 Å². The van der Waals surface area contributed by atoms with Crippen LogP contribution >= 0.6 is 0 Å². The van der Waals surface area contributed by atoms with Crippen LogP contribution in [0, 0.1) is 6.92 Å². The Kier molecular flexibility index (Phi) is 3.96. The van der Waals surface area contributed by atoms with Gasteiger partial charge in [-0.3, -0.25) is 4.79 Å². The molecule has 9 heteroatoms. The number of amides is 1. The van der Waals surface area contributed by atoms with Crippen molar-refractivity contribution in [3.8, 4) is 5.69 Å². The second-order valence-corrected chi connectivity index (χ2v) is 6.25.